The highest BCUT2D eigenvalue weighted by molar-refractivity contribution is 5.65. The number of likely N-dealkylation sites (tertiary alicyclic amines) is 1. The maximum atomic E-state index is 12.9. The molecule has 10 nitrogen and oxygen atoms in total. The number of halogens is 3. The van der Waals surface area contributed by atoms with Gasteiger partial charge in [0, 0.05) is 25.2 Å². The van der Waals surface area contributed by atoms with E-state index in [1.54, 1.807) is 13.8 Å². The predicted octanol–water partition coefficient (Wildman–Crippen LogP) is 3.48. The van der Waals surface area contributed by atoms with Gasteiger partial charge >= 0.3 is 12.3 Å². The van der Waals surface area contributed by atoms with Crippen LogP contribution in [-0.2, 0) is 6.18 Å². The monoisotopic (exact) mass is 449 g/mol. The van der Waals surface area contributed by atoms with Gasteiger partial charge in [-0.15, -0.1) is 10.2 Å². The molecular weight excluding hydrogens is 431 g/mol. The number of rotatable bonds is 3. The van der Waals surface area contributed by atoms with Crippen molar-refractivity contribution in [2.75, 3.05) is 13.1 Å². The standard InChI is InChI=1S/C19H18F3N7O3/c1-9-13(14(25-10(2)24-9)11-4-7-29(8-5-11)18(30)31)16-28-27-15(32-16)12-3-6-23-17(26-12)19(20,21)22/h3,6,11H,4-5,7-8H2,1-2H3,(H,30,31). The van der Waals surface area contributed by atoms with Gasteiger partial charge in [-0.1, -0.05) is 0 Å². The van der Waals surface area contributed by atoms with E-state index in [1.165, 1.54) is 11.0 Å². The second-order valence-corrected chi connectivity index (χ2v) is 7.34. The summed E-state index contributed by atoms with van der Waals surface area (Å²) in [5.41, 5.74) is 1.55. The van der Waals surface area contributed by atoms with E-state index in [0.29, 0.717) is 48.7 Å². The number of hydrogen-bond acceptors (Lipinski definition) is 8. The summed E-state index contributed by atoms with van der Waals surface area (Å²) in [6, 6.07) is 1.24. The highest BCUT2D eigenvalue weighted by Gasteiger charge is 2.35. The van der Waals surface area contributed by atoms with Crippen LogP contribution in [0.5, 0.6) is 0 Å². The summed E-state index contributed by atoms with van der Waals surface area (Å²) >= 11 is 0. The molecule has 168 valence electrons. The SMILES string of the molecule is Cc1nc(C)c(-c2nnc(-c3ccnc(C(F)(F)F)n3)o2)c(C2CCN(C(=O)O)CC2)n1. The maximum Gasteiger partial charge on any atom is 0.451 e. The molecule has 0 saturated carbocycles. The first-order valence-electron chi connectivity index (χ1n) is 9.71. The fourth-order valence-corrected chi connectivity index (χ4v) is 3.69. The number of aryl methyl sites for hydroxylation is 2. The van der Waals surface area contributed by atoms with Crippen LogP contribution in [0.3, 0.4) is 0 Å². The number of alkyl halides is 3. The molecule has 0 unspecified atom stereocenters. The van der Waals surface area contributed by atoms with E-state index in [4.69, 9.17) is 4.42 Å². The fraction of sp³-hybridized carbons (Fsp3) is 0.421. The van der Waals surface area contributed by atoms with E-state index in [2.05, 4.69) is 30.1 Å². The van der Waals surface area contributed by atoms with Crippen LogP contribution in [0, 0.1) is 13.8 Å². The van der Waals surface area contributed by atoms with Gasteiger partial charge in [-0.2, -0.15) is 13.2 Å². The minimum atomic E-state index is -4.71. The molecule has 0 bridgehead atoms. The Morgan fingerprint density at radius 1 is 1.12 bits per heavy atom. The number of hydrogen-bond donors (Lipinski definition) is 1. The summed E-state index contributed by atoms with van der Waals surface area (Å²) in [6.07, 6.45) is -3.60. The number of amides is 1. The summed E-state index contributed by atoms with van der Waals surface area (Å²) in [7, 11) is 0. The smallest absolute Gasteiger partial charge is 0.451 e. The molecule has 0 aromatic carbocycles. The van der Waals surface area contributed by atoms with E-state index in [1.807, 2.05) is 0 Å². The molecule has 0 radical (unpaired) electrons. The molecule has 4 heterocycles. The second kappa shape index (κ2) is 8.13. The van der Waals surface area contributed by atoms with Crippen molar-refractivity contribution in [2.24, 2.45) is 0 Å². The molecule has 13 heteroatoms. The summed E-state index contributed by atoms with van der Waals surface area (Å²) < 4.78 is 44.5. The molecule has 1 fully saturated rings. The highest BCUT2D eigenvalue weighted by Crippen LogP contribution is 2.36. The van der Waals surface area contributed by atoms with Gasteiger partial charge in [0.25, 0.3) is 11.8 Å². The first-order valence-corrected chi connectivity index (χ1v) is 9.71. The molecule has 1 N–H and O–H groups in total. The summed E-state index contributed by atoms with van der Waals surface area (Å²) in [5.74, 6) is -0.977. The van der Waals surface area contributed by atoms with Gasteiger partial charge < -0.3 is 14.4 Å². The van der Waals surface area contributed by atoms with Gasteiger partial charge in [0.05, 0.1) is 17.0 Å². The Hall–Kier alpha value is -3.64. The lowest BCUT2D eigenvalue weighted by Gasteiger charge is -2.30. The highest BCUT2D eigenvalue weighted by atomic mass is 19.4. The second-order valence-electron chi connectivity index (χ2n) is 7.34. The zero-order valence-corrected chi connectivity index (χ0v) is 17.1. The molecule has 0 spiro atoms. The third kappa shape index (κ3) is 4.22. The normalized spacial score (nSPS) is 15.2. The van der Waals surface area contributed by atoms with Crippen molar-refractivity contribution in [1.82, 2.24) is 35.0 Å². The largest absolute Gasteiger partial charge is 0.465 e. The van der Waals surface area contributed by atoms with Crippen molar-refractivity contribution in [1.29, 1.82) is 0 Å². The Morgan fingerprint density at radius 3 is 2.47 bits per heavy atom. The molecular formula is C19H18F3N7O3. The third-order valence-electron chi connectivity index (χ3n) is 5.15. The minimum absolute atomic E-state index is 0.0559. The van der Waals surface area contributed by atoms with Crippen molar-refractivity contribution in [3.8, 4) is 23.0 Å². The number of carboxylic acid groups (broad SMARTS) is 1. The van der Waals surface area contributed by atoms with E-state index >= 15 is 0 Å². The molecule has 1 aliphatic heterocycles. The lowest BCUT2D eigenvalue weighted by Crippen LogP contribution is -2.37. The Bertz CT molecular complexity index is 1160. The average molecular weight is 449 g/mol. The quantitative estimate of drug-likeness (QED) is 0.638. The summed E-state index contributed by atoms with van der Waals surface area (Å²) in [6.45, 7) is 4.21. The van der Waals surface area contributed by atoms with Crippen molar-refractivity contribution >= 4 is 6.09 Å². The Balaban J connectivity index is 1.70. The van der Waals surface area contributed by atoms with Crippen LogP contribution < -0.4 is 0 Å². The van der Waals surface area contributed by atoms with Crippen LogP contribution in [0.1, 0.15) is 41.8 Å². The molecule has 1 saturated heterocycles. The minimum Gasteiger partial charge on any atom is -0.465 e. The van der Waals surface area contributed by atoms with Crippen LogP contribution >= 0.6 is 0 Å². The van der Waals surface area contributed by atoms with Gasteiger partial charge in [-0.05, 0) is 32.8 Å². The Labute approximate surface area is 179 Å². The molecule has 0 aliphatic carbocycles. The molecule has 0 atom stereocenters. The van der Waals surface area contributed by atoms with Crippen LogP contribution in [0.4, 0.5) is 18.0 Å². The van der Waals surface area contributed by atoms with E-state index in [9.17, 15) is 23.1 Å². The van der Waals surface area contributed by atoms with Crippen molar-refractivity contribution < 1.29 is 27.5 Å². The molecule has 32 heavy (non-hydrogen) atoms. The number of carbonyl (C=O) groups is 1. The van der Waals surface area contributed by atoms with Crippen LogP contribution in [0.2, 0.25) is 0 Å². The number of piperidine rings is 1. The number of nitrogens with zero attached hydrogens (tertiary/aromatic N) is 7. The zero-order chi connectivity index (χ0) is 23.0. The first-order chi connectivity index (χ1) is 15.1. The fourth-order valence-electron chi connectivity index (χ4n) is 3.69. The Morgan fingerprint density at radius 2 is 1.81 bits per heavy atom. The van der Waals surface area contributed by atoms with E-state index in [-0.39, 0.29) is 23.4 Å². The molecule has 1 amide bonds. The van der Waals surface area contributed by atoms with E-state index < -0.39 is 18.1 Å². The Kier molecular flexibility index (Phi) is 5.48. The lowest BCUT2D eigenvalue weighted by atomic mass is 9.90. The van der Waals surface area contributed by atoms with Gasteiger partial charge in [0.1, 0.15) is 11.5 Å². The lowest BCUT2D eigenvalue weighted by molar-refractivity contribution is -0.144. The van der Waals surface area contributed by atoms with Gasteiger partial charge in [0.2, 0.25) is 5.82 Å². The molecule has 3 aromatic rings. The van der Waals surface area contributed by atoms with Crippen molar-refractivity contribution in [3.05, 3.63) is 35.3 Å². The van der Waals surface area contributed by atoms with Crippen LogP contribution in [0.15, 0.2) is 16.7 Å². The van der Waals surface area contributed by atoms with E-state index in [0.717, 1.165) is 6.20 Å². The van der Waals surface area contributed by atoms with Gasteiger partial charge in [0.15, 0.2) is 0 Å². The topological polar surface area (TPSA) is 131 Å². The molecule has 3 aromatic heterocycles. The van der Waals surface area contributed by atoms with Crippen molar-refractivity contribution in [3.63, 3.8) is 0 Å². The predicted molar refractivity (Wildman–Crippen MR) is 102 cm³/mol. The van der Waals surface area contributed by atoms with Crippen molar-refractivity contribution in [2.45, 2.75) is 38.8 Å². The third-order valence-corrected chi connectivity index (χ3v) is 5.15. The number of aromatic nitrogens is 6. The zero-order valence-electron chi connectivity index (χ0n) is 17.1. The summed E-state index contributed by atoms with van der Waals surface area (Å²) in [4.78, 5) is 28.2. The van der Waals surface area contributed by atoms with Gasteiger partial charge in [-0.25, -0.2) is 24.7 Å². The van der Waals surface area contributed by atoms with Crippen LogP contribution in [-0.4, -0.2) is 59.3 Å². The molecule has 4 rings (SSSR count). The maximum absolute atomic E-state index is 12.9. The molecule has 1 aliphatic rings. The van der Waals surface area contributed by atoms with Crippen LogP contribution in [0.25, 0.3) is 23.0 Å². The first kappa shape index (κ1) is 21.6. The summed E-state index contributed by atoms with van der Waals surface area (Å²) in [5, 5.41) is 17.0. The average Bonchev–Trinajstić information content (AvgIpc) is 3.22. The van der Waals surface area contributed by atoms with Gasteiger partial charge in [-0.3, -0.25) is 0 Å².